The second-order valence-corrected chi connectivity index (χ2v) is 10.8. The van der Waals surface area contributed by atoms with Gasteiger partial charge in [-0.15, -0.1) is 0 Å². The van der Waals surface area contributed by atoms with E-state index < -0.39 is 11.6 Å². The lowest BCUT2D eigenvalue weighted by atomic mass is 9.96. The van der Waals surface area contributed by atoms with Crippen molar-refractivity contribution in [3.8, 4) is 17.2 Å². The van der Waals surface area contributed by atoms with E-state index in [0.717, 1.165) is 29.5 Å². The molecule has 2 saturated heterocycles. The highest BCUT2D eigenvalue weighted by molar-refractivity contribution is 5.90. The molecule has 44 heavy (non-hydrogen) atoms. The molecule has 0 radical (unpaired) electrons. The van der Waals surface area contributed by atoms with Gasteiger partial charge in [-0.1, -0.05) is 61.4 Å². The molecule has 2 aliphatic rings. The highest BCUT2D eigenvalue weighted by atomic mass is 19.1. The predicted octanol–water partition coefficient (Wildman–Crippen LogP) is 5.55. The maximum atomic E-state index is 13.1. The lowest BCUT2D eigenvalue weighted by Gasteiger charge is -2.24. The average molecular weight is 605 g/mol. The molecule has 2 unspecified atom stereocenters. The molecular formula is C35H45FN4O4. The minimum Gasteiger partial charge on any atom is -0.373 e. The van der Waals surface area contributed by atoms with Gasteiger partial charge in [0.1, 0.15) is 11.9 Å². The number of ether oxygens (including phenoxy) is 1. The van der Waals surface area contributed by atoms with Crippen LogP contribution in [0.5, 0.6) is 0 Å². The first-order valence-corrected chi connectivity index (χ1v) is 15.1. The summed E-state index contributed by atoms with van der Waals surface area (Å²) < 4.78 is 18.9. The normalized spacial score (nSPS) is 19.2. The molecule has 1 spiro atoms. The molecular weight excluding hydrogens is 559 g/mol. The van der Waals surface area contributed by atoms with Crippen LogP contribution < -0.4 is 10.6 Å². The van der Waals surface area contributed by atoms with Crippen molar-refractivity contribution in [2.45, 2.75) is 72.4 Å². The molecule has 8 nitrogen and oxygen atoms in total. The Kier molecular flexibility index (Phi) is 14.5. The number of allylic oxidation sites excluding steroid dienone is 3. The van der Waals surface area contributed by atoms with Crippen LogP contribution in [-0.4, -0.2) is 61.0 Å². The van der Waals surface area contributed by atoms with Crippen molar-refractivity contribution < 1.29 is 23.5 Å². The second kappa shape index (κ2) is 17.7. The van der Waals surface area contributed by atoms with Gasteiger partial charge in [0.05, 0.1) is 24.8 Å². The van der Waals surface area contributed by atoms with E-state index in [-0.39, 0.29) is 30.7 Å². The van der Waals surface area contributed by atoms with E-state index in [0.29, 0.717) is 37.1 Å². The topological polar surface area (TPSA) is 112 Å². The van der Waals surface area contributed by atoms with Gasteiger partial charge in [-0.05, 0) is 75.4 Å². The number of nitriles is 1. The van der Waals surface area contributed by atoms with Gasteiger partial charge in [0.2, 0.25) is 18.2 Å². The fourth-order valence-corrected chi connectivity index (χ4v) is 5.13. The molecule has 2 atom stereocenters. The van der Waals surface area contributed by atoms with E-state index in [2.05, 4.69) is 47.9 Å². The number of likely N-dealkylation sites (tertiary alicyclic amines) is 1. The number of aryl methyl sites for hydroxylation is 2. The quantitative estimate of drug-likeness (QED) is 0.233. The third-order valence-electron chi connectivity index (χ3n) is 7.47. The molecule has 0 bridgehead atoms. The predicted molar refractivity (Wildman–Crippen MR) is 171 cm³/mol. The zero-order valence-corrected chi connectivity index (χ0v) is 26.7. The standard InChI is InChI=1S/C19H26N4O4.C14H13F.C2H6/c1-3-15(9-20)7-14(2)10-22-18(26)16-8-19(5-4-6-27-19)12-23(16)17(25)11-21-13-24;1-10-3-5-12(6-4-10)13-7-8-14(15)11(2)9-13;1-2/h3,7,13,16H,4-6,8,10-12H2,1-2H3,(H,21,24)(H,22,26);3-9H,1-2H3;1-2H3/b14-7+,15-3+;;. The van der Waals surface area contributed by atoms with Crippen LogP contribution >= 0.6 is 0 Å². The smallest absolute Gasteiger partial charge is 0.243 e. The minimum absolute atomic E-state index is 0.144. The molecule has 2 aliphatic heterocycles. The average Bonchev–Trinajstić information content (AvgIpc) is 3.67. The van der Waals surface area contributed by atoms with Crippen LogP contribution in [-0.2, 0) is 19.1 Å². The van der Waals surface area contributed by atoms with Crippen molar-refractivity contribution >= 4 is 18.2 Å². The van der Waals surface area contributed by atoms with Gasteiger partial charge < -0.3 is 20.3 Å². The van der Waals surface area contributed by atoms with E-state index in [9.17, 15) is 18.8 Å². The number of halogens is 1. The number of nitrogens with zero attached hydrogens (tertiary/aromatic N) is 2. The monoisotopic (exact) mass is 604 g/mol. The number of hydrogen-bond acceptors (Lipinski definition) is 5. The van der Waals surface area contributed by atoms with Gasteiger partial charge >= 0.3 is 0 Å². The summed E-state index contributed by atoms with van der Waals surface area (Å²) in [6, 6.07) is 14.9. The Bertz CT molecular complexity index is 1370. The summed E-state index contributed by atoms with van der Waals surface area (Å²) in [5.74, 6) is -0.706. The van der Waals surface area contributed by atoms with Gasteiger partial charge in [-0.2, -0.15) is 5.26 Å². The van der Waals surface area contributed by atoms with Gasteiger partial charge in [-0.25, -0.2) is 4.39 Å². The summed E-state index contributed by atoms with van der Waals surface area (Å²) in [4.78, 5) is 37.2. The fourth-order valence-electron chi connectivity index (χ4n) is 5.13. The van der Waals surface area contributed by atoms with Gasteiger partial charge in [-0.3, -0.25) is 14.4 Å². The summed E-state index contributed by atoms with van der Waals surface area (Å²) >= 11 is 0. The molecule has 9 heteroatoms. The van der Waals surface area contributed by atoms with Gasteiger partial charge in [0.15, 0.2) is 0 Å². The molecule has 2 aromatic rings. The number of amides is 3. The third kappa shape index (κ3) is 10.2. The Morgan fingerprint density at radius 3 is 2.39 bits per heavy atom. The van der Waals surface area contributed by atoms with Crippen LogP contribution in [0.1, 0.15) is 58.1 Å². The SMILES string of the molecule is C/C=C(C#N)\C=C(/C)CNC(=O)C1CC2(CCCO2)CN1C(=O)CNC=O.CC.Cc1ccc(-c2ccc(F)c(C)c2)cc1. The zero-order valence-electron chi connectivity index (χ0n) is 26.7. The lowest BCUT2D eigenvalue weighted by Crippen LogP contribution is -2.48. The van der Waals surface area contributed by atoms with Gasteiger partial charge in [0, 0.05) is 25.1 Å². The van der Waals surface area contributed by atoms with E-state index in [1.165, 1.54) is 16.5 Å². The number of benzene rings is 2. The van der Waals surface area contributed by atoms with Crippen LogP contribution in [0.4, 0.5) is 4.39 Å². The maximum Gasteiger partial charge on any atom is 0.243 e. The van der Waals surface area contributed by atoms with Crippen LogP contribution in [0.3, 0.4) is 0 Å². The van der Waals surface area contributed by atoms with Crippen LogP contribution in [0.2, 0.25) is 0 Å². The molecule has 2 fully saturated rings. The maximum absolute atomic E-state index is 13.1. The first kappa shape index (κ1) is 35.9. The summed E-state index contributed by atoms with van der Waals surface area (Å²) in [7, 11) is 0. The molecule has 0 aliphatic carbocycles. The lowest BCUT2D eigenvalue weighted by molar-refractivity contribution is -0.138. The molecule has 2 aromatic carbocycles. The number of nitrogens with one attached hydrogen (secondary N) is 2. The van der Waals surface area contributed by atoms with Crippen LogP contribution in [0.15, 0.2) is 65.8 Å². The van der Waals surface area contributed by atoms with Crippen molar-refractivity contribution in [3.63, 3.8) is 0 Å². The third-order valence-corrected chi connectivity index (χ3v) is 7.47. The zero-order chi connectivity index (χ0) is 32.7. The van der Waals surface area contributed by atoms with Crippen LogP contribution in [0, 0.1) is 31.0 Å². The first-order valence-electron chi connectivity index (χ1n) is 15.1. The van der Waals surface area contributed by atoms with E-state index in [1.807, 2.05) is 32.9 Å². The summed E-state index contributed by atoms with van der Waals surface area (Å²) in [5.41, 5.74) is 5.01. The summed E-state index contributed by atoms with van der Waals surface area (Å²) in [6.07, 6.45) is 6.05. The second-order valence-electron chi connectivity index (χ2n) is 10.8. The molecule has 0 saturated carbocycles. The Morgan fingerprint density at radius 2 is 1.82 bits per heavy atom. The Morgan fingerprint density at radius 1 is 1.14 bits per heavy atom. The van der Waals surface area contributed by atoms with Gasteiger partial charge in [0.25, 0.3) is 0 Å². The number of carbonyl (C=O) groups is 3. The minimum atomic E-state index is -0.631. The van der Waals surface area contributed by atoms with E-state index in [1.54, 1.807) is 26.0 Å². The Balaban J connectivity index is 0.000000333. The molecule has 2 N–H and O–H groups in total. The number of rotatable bonds is 8. The van der Waals surface area contributed by atoms with Crippen molar-refractivity contribution in [1.82, 2.24) is 15.5 Å². The molecule has 4 rings (SSSR count). The highest BCUT2D eigenvalue weighted by Crippen LogP contribution is 2.38. The van der Waals surface area contributed by atoms with Crippen molar-refractivity contribution in [1.29, 1.82) is 5.26 Å². The van der Waals surface area contributed by atoms with Crippen molar-refractivity contribution in [2.75, 3.05) is 26.2 Å². The highest BCUT2D eigenvalue weighted by Gasteiger charge is 2.50. The van der Waals surface area contributed by atoms with Crippen molar-refractivity contribution in [3.05, 3.63) is 82.7 Å². The summed E-state index contributed by atoms with van der Waals surface area (Å²) in [5, 5.41) is 14.2. The molecule has 2 heterocycles. The number of hydrogen-bond donors (Lipinski definition) is 2. The Labute approximate surface area is 261 Å². The van der Waals surface area contributed by atoms with E-state index in [4.69, 9.17) is 10.00 Å². The molecule has 0 aromatic heterocycles. The Hall–Kier alpha value is -4.29. The van der Waals surface area contributed by atoms with Crippen LogP contribution in [0.25, 0.3) is 11.1 Å². The van der Waals surface area contributed by atoms with E-state index >= 15 is 0 Å². The first-order chi connectivity index (χ1) is 21.1. The largest absolute Gasteiger partial charge is 0.373 e. The molecule has 236 valence electrons. The molecule has 3 amide bonds. The van der Waals surface area contributed by atoms with Crippen molar-refractivity contribution in [2.24, 2.45) is 0 Å². The fraction of sp³-hybridized carbons (Fsp3) is 0.429. The number of carbonyl (C=O) groups excluding carboxylic acids is 3. The summed E-state index contributed by atoms with van der Waals surface area (Å²) in [6.45, 7) is 12.6.